The molecule has 3 heteroatoms. The Morgan fingerprint density at radius 3 is 2.45 bits per heavy atom. The van der Waals surface area contributed by atoms with E-state index < -0.39 is 5.60 Å². The number of ether oxygens (including phenoxy) is 1. The topological polar surface area (TPSA) is 47.6 Å². The zero-order chi connectivity index (χ0) is 8.91. The third-order valence-corrected chi connectivity index (χ3v) is 1.63. The number of methoxy groups -OCH3 is 1. The fraction of sp³-hybridized carbons (Fsp3) is 0.875. The molecule has 0 spiro atoms. The minimum absolute atomic E-state index is 0.421. The number of nitrogens with two attached hydrogens (primary N) is 1. The number of hydrogen-bond acceptors (Lipinski definition) is 2. The van der Waals surface area contributed by atoms with Crippen LogP contribution in [0.4, 0.5) is 0 Å². The van der Waals surface area contributed by atoms with Crippen LogP contribution in [-0.4, -0.2) is 25.1 Å². The lowest BCUT2D eigenvalue weighted by Gasteiger charge is -2.21. The van der Waals surface area contributed by atoms with Crippen LogP contribution in [-0.2, 0) is 4.74 Å². The molecule has 2 N–H and O–H groups in total. The van der Waals surface area contributed by atoms with Gasteiger partial charge in [0.25, 0.3) is 0 Å². The summed E-state index contributed by atoms with van der Waals surface area (Å²) in [6, 6.07) is 0. The van der Waals surface area contributed by atoms with Crippen LogP contribution in [0.2, 0.25) is 0 Å². The van der Waals surface area contributed by atoms with Crippen molar-refractivity contribution in [2.75, 3.05) is 13.7 Å². The van der Waals surface area contributed by atoms with Crippen molar-refractivity contribution in [2.24, 2.45) is 10.7 Å². The Labute approximate surface area is 68.6 Å². The van der Waals surface area contributed by atoms with Crippen molar-refractivity contribution in [3.05, 3.63) is 0 Å². The molecule has 0 aromatic carbocycles. The monoisotopic (exact) mass is 158 g/mol. The van der Waals surface area contributed by atoms with Gasteiger partial charge >= 0.3 is 0 Å². The second-order valence-electron chi connectivity index (χ2n) is 2.98. The fourth-order valence-electron chi connectivity index (χ4n) is 0.527. The number of aliphatic imine (C=N–C) groups is 1. The average Bonchev–Trinajstić information content (AvgIpc) is 2.00. The van der Waals surface area contributed by atoms with Crippen LogP contribution in [0.15, 0.2) is 4.99 Å². The molecule has 0 rings (SSSR count). The summed E-state index contributed by atoms with van der Waals surface area (Å²) in [4.78, 5) is 4.15. The summed E-state index contributed by atoms with van der Waals surface area (Å²) in [7, 11) is 1.63. The summed E-state index contributed by atoms with van der Waals surface area (Å²) in [6.45, 7) is 6.65. The van der Waals surface area contributed by atoms with Gasteiger partial charge in [0.1, 0.15) is 11.4 Å². The van der Waals surface area contributed by atoms with Gasteiger partial charge < -0.3 is 10.5 Å². The standard InChI is InChI=1S/C8H18N2O/c1-5-6-10-7(9)8(2,3)11-4/h5-6H2,1-4H3,(H2,9,10). The van der Waals surface area contributed by atoms with Crippen molar-refractivity contribution in [3.63, 3.8) is 0 Å². The quantitative estimate of drug-likeness (QED) is 0.493. The van der Waals surface area contributed by atoms with Gasteiger partial charge in [-0.15, -0.1) is 0 Å². The third kappa shape index (κ3) is 3.37. The Kier molecular flexibility index (Phi) is 4.11. The lowest BCUT2D eigenvalue weighted by Crippen LogP contribution is -2.40. The SMILES string of the molecule is CCCN=C(N)C(C)(C)OC. The van der Waals surface area contributed by atoms with Crippen molar-refractivity contribution in [3.8, 4) is 0 Å². The molecule has 0 bridgehead atoms. The molecule has 66 valence electrons. The molecule has 0 aromatic heterocycles. The predicted molar refractivity (Wildman–Crippen MR) is 47.9 cm³/mol. The molecule has 0 unspecified atom stereocenters. The summed E-state index contributed by atoms with van der Waals surface area (Å²) in [5.41, 5.74) is 5.25. The van der Waals surface area contributed by atoms with Crippen LogP contribution < -0.4 is 5.73 Å². The lowest BCUT2D eigenvalue weighted by molar-refractivity contribution is 0.0815. The molecular formula is C8H18N2O. The molecular weight excluding hydrogens is 140 g/mol. The van der Waals surface area contributed by atoms with E-state index in [4.69, 9.17) is 10.5 Å². The number of hydrogen-bond donors (Lipinski definition) is 1. The van der Waals surface area contributed by atoms with Gasteiger partial charge in [0.2, 0.25) is 0 Å². The molecule has 0 aliphatic rings. The second-order valence-corrected chi connectivity index (χ2v) is 2.98. The lowest BCUT2D eigenvalue weighted by atomic mass is 10.1. The van der Waals surface area contributed by atoms with E-state index in [9.17, 15) is 0 Å². The molecule has 0 radical (unpaired) electrons. The van der Waals surface area contributed by atoms with Gasteiger partial charge in [0, 0.05) is 13.7 Å². The average molecular weight is 158 g/mol. The molecule has 0 heterocycles. The Balaban J connectivity index is 4.09. The first kappa shape index (κ1) is 10.4. The van der Waals surface area contributed by atoms with E-state index in [0.717, 1.165) is 13.0 Å². The van der Waals surface area contributed by atoms with Crippen LogP contribution in [0.3, 0.4) is 0 Å². The number of nitrogens with zero attached hydrogens (tertiary/aromatic N) is 1. The Morgan fingerprint density at radius 1 is 1.55 bits per heavy atom. The minimum atomic E-state index is -0.421. The van der Waals surface area contributed by atoms with E-state index in [1.54, 1.807) is 7.11 Å². The molecule has 0 saturated heterocycles. The van der Waals surface area contributed by atoms with Crippen molar-refractivity contribution >= 4 is 5.84 Å². The summed E-state index contributed by atoms with van der Waals surface area (Å²) >= 11 is 0. The van der Waals surface area contributed by atoms with Gasteiger partial charge in [0.05, 0.1) is 0 Å². The first-order valence-electron chi connectivity index (χ1n) is 3.90. The maximum absolute atomic E-state index is 5.67. The van der Waals surface area contributed by atoms with E-state index in [1.807, 2.05) is 13.8 Å². The van der Waals surface area contributed by atoms with Crippen molar-refractivity contribution in [2.45, 2.75) is 32.8 Å². The smallest absolute Gasteiger partial charge is 0.126 e. The van der Waals surface area contributed by atoms with E-state index in [2.05, 4.69) is 11.9 Å². The van der Waals surface area contributed by atoms with E-state index >= 15 is 0 Å². The molecule has 0 aliphatic carbocycles. The summed E-state index contributed by atoms with van der Waals surface area (Å²) in [5, 5.41) is 0. The Morgan fingerprint density at radius 2 is 2.09 bits per heavy atom. The van der Waals surface area contributed by atoms with Gasteiger partial charge in [-0.25, -0.2) is 0 Å². The van der Waals surface area contributed by atoms with Gasteiger partial charge in [0.15, 0.2) is 0 Å². The Hall–Kier alpha value is -0.570. The Bertz CT molecular complexity index is 141. The molecule has 0 saturated carbocycles. The largest absolute Gasteiger partial charge is 0.385 e. The minimum Gasteiger partial charge on any atom is -0.385 e. The highest BCUT2D eigenvalue weighted by Gasteiger charge is 2.20. The highest BCUT2D eigenvalue weighted by Crippen LogP contribution is 2.06. The van der Waals surface area contributed by atoms with Crippen LogP contribution in [0.25, 0.3) is 0 Å². The predicted octanol–water partition coefficient (Wildman–Crippen LogP) is 1.18. The van der Waals surface area contributed by atoms with E-state index in [-0.39, 0.29) is 0 Å². The second kappa shape index (κ2) is 4.34. The van der Waals surface area contributed by atoms with E-state index in [0.29, 0.717) is 5.84 Å². The third-order valence-electron chi connectivity index (χ3n) is 1.63. The molecule has 0 aliphatic heterocycles. The zero-order valence-electron chi connectivity index (χ0n) is 7.85. The first-order chi connectivity index (χ1) is 5.04. The van der Waals surface area contributed by atoms with Gasteiger partial charge in [-0.1, -0.05) is 6.92 Å². The maximum Gasteiger partial charge on any atom is 0.126 e. The molecule has 3 nitrogen and oxygen atoms in total. The molecule has 0 amide bonds. The number of rotatable bonds is 4. The highest BCUT2D eigenvalue weighted by molar-refractivity contribution is 5.88. The van der Waals surface area contributed by atoms with Crippen LogP contribution in [0, 0.1) is 0 Å². The molecule has 0 fully saturated rings. The molecule has 0 aromatic rings. The maximum atomic E-state index is 5.67. The van der Waals surface area contributed by atoms with E-state index in [1.165, 1.54) is 0 Å². The normalized spacial score (nSPS) is 13.6. The van der Waals surface area contributed by atoms with Crippen LogP contribution in [0.1, 0.15) is 27.2 Å². The summed E-state index contributed by atoms with van der Waals surface area (Å²) in [5.74, 6) is 0.571. The summed E-state index contributed by atoms with van der Waals surface area (Å²) in [6.07, 6.45) is 1.01. The first-order valence-corrected chi connectivity index (χ1v) is 3.90. The van der Waals surface area contributed by atoms with Crippen molar-refractivity contribution in [1.29, 1.82) is 0 Å². The summed E-state index contributed by atoms with van der Waals surface area (Å²) < 4.78 is 5.14. The number of amidine groups is 1. The van der Waals surface area contributed by atoms with Crippen molar-refractivity contribution in [1.82, 2.24) is 0 Å². The highest BCUT2D eigenvalue weighted by atomic mass is 16.5. The van der Waals surface area contributed by atoms with Crippen molar-refractivity contribution < 1.29 is 4.74 Å². The zero-order valence-corrected chi connectivity index (χ0v) is 7.85. The van der Waals surface area contributed by atoms with Gasteiger partial charge in [-0.3, -0.25) is 4.99 Å². The molecule has 0 atom stereocenters. The fourth-order valence-corrected chi connectivity index (χ4v) is 0.527. The van der Waals surface area contributed by atoms with Crippen LogP contribution in [0.5, 0.6) is 0 Å². The molecule has 11 heavy (non-hydrogen) atoms. The van der Waals surface area contributed by atoms with Gasteiger partial charge in [-0.2, -0.15) is 0 Å². The van der Waals surface area contributed by atoms with Gasteiger partial charge in [-0.05, 0) is 20.3 Å². The van der Waals surface area contributed by atoms with Crippen LogP contribution >= 0.6 is 0 Å².